The van der Waals surface area contributed by atoms with Gasteiger partial charge >= 0.3 is 0 Å². The van der Waals surface area contributed by atoms with Gasteiger partial charge in [0.05, 0.1) is 5.52 Å². The van der Waals surface area contributed by atoms with Gasteiger partial charge in [-0.1, -0.05) is 29.8 Å². The Morgan fingerprint density at radius 1 is 0.840 bits per heavy atom. The molecule has 0 saturated heterocycles. The van der Waals surface area contributed by atoms with E-state index in [4.69, 9.17) is 11.6 Å². The van der Waals surface area contributed by atoms with Crippen LogP contribution in [0.25, 0.3) is 22.3 Å². The second-order valence-electron chi connectivity index (χ2n) is 5.56. The molecule has 1 N–H and O–H groups in total. The summed E-state index contributed by atoms with van der Waals surface area (Å²) in [5.74, 6) is 0.885. The van der Waals surface area contributed by atoms with E-state index in [1.165, 1.54) is 12.1 Å². The van der Waals surface area contributed by atoms with Crippen LogP contribution in [0.4, 0.5) is 15.9 Å². The quantitative estimate of drug-likeness (QED) is 0.505. The summed E-state index contributed by atoms with van der Waals surface area (Å²) in [7, 11) is 0. The summed E-state index contributed by atoms with van der Waals surface area (Å²) < 4.78 is 13.2. The van der Waals surface area contributed by atoms with Crippen molar-refractivity contribution in [1.82, 2.24) is 9.97 Å². The number of anilines is 2. The zero-order valence-corrected chi connectivity index (χ0v) is 13.8. The molecule has 1 heterocycles. The highest BCUT2D eigenvalue weighted by atomic mass is 35.5. The van der Waals surface area contributed by atoms with Crippen LogP contribution in [-0.2, 0) is 0 Å². The van der Waals surface area contributed by atoms with Crippen molar-refractivity contribution < 1.29 is 4.39 Å². The topological polar surface area (TPSA) is 37.8 Å². The summed E-state index contributed by atoms with van der Waals surface area (Å²) in [5.41, 5.74) is 2.38. The van der Waals surface area contributed by atoms with Gasteiger partial charge in [-0.2, -0.15) is 0 Å². The van der Waals surface area contributed by atoms with Gasteiger partial charge in [0.25, 0.3) is 0 Å². The van der Waals surface area contributed by atoms with Crippen molar-refractivity contribution in [3.8, 4) is 11.4 Å². The van der Waals surface area contributed by atoms with E-state index in [1.807, 2.05) is 36.4 Å². The lowest BCUT2D eigenvalue weighted by molar-refractivity contribution is 0.628. The zero-order chi connectivity index (χ0) is 17.2. The Hall–Kier alpha value is -2.98. The highest BCUT2D eigenvalue weighted by Gasteiger charge is 2.10. The molecule has 0 aliphatic carbocycles. The van der Waals surface area contributed by atoms with E-state index in [-0.39, 0.29) is 5.82 Å². The molecule has 25 heavy (non-hydrogen) atoms. The van der Waals surface area contributed by atoms with Crippen LogP contribution in [0.3, 0.4) is 0 Å². The summed E-state index contributed by atoms with van der Waals surface area (Å²) >= 11 is 6.12. The average molecular weight is 350 g/mol. The molecule has 0 fully saturated rings. The zero-order valence-electron chi connectivity index (χ0n) is 13.1. The van der Waals surface area contributed by atoms with Crippen LogP contribution in [0.5, 0.6) is 0 Å². The highest BCUT2D eigenvalue weighted by molar-refractivity contribution is 6.31. The summed E-state index contributed by atoms with van der Waals surface area (Å²) in [6.07, 6.45) is 0. The molecule has 0 aliphatic heterocycles. The Balaban J connectivity index is 1.88. The first-order valence-corrected chi connectivity index (χ1v) is 8.12. The van der Waals surface area contributed by atoms with Gasteiger partial charge in [-0.3, -0.25) is 0 Å². The van der Waals surface area contributed by atoms with Gasteiger partial charge in [0.1, 0.15) is 11.6 Å². The summed E-state index contributed by atoms with van der Waals surface area (Å²) in [5, 5.41) is 4.78. The van der Waals surface area contributed by atoms with Crippen molar-refractivity contribution >= 4 is 34.0 Å². The maximum absolute atomic E-state index is 13.2. The number of benzene rings is 3. The fourth-order valence-corrected chi connectivity index (χ4v) is 2.75. The fourth-order valence-electron chi connectivity index (χ4n) is 2.58. The Labute approximate surface area is 149 Å². The minimum atomic E-state index is -0.296. The first-order valence-electron chi connectivity index (χ1n) is 7.74. The Bertz CT molecular complexity index is 1030. The molecule has 3 nitrogen and oxygen atoms in total. The molecule has 0 aliphatic rings. The number of rotatable bonds is 3. The van der Waals surface area contributed by atoms with Crippen molar-refractivity contribution in [2.24, 2.45) is 0 Å². The third kappa shape index (κ3) is 3.30. The summed E-state index contributed by atoms with van der Waals surface area (Å²) in [6.45, 7) is 0. The van der Waals surface area contributed by atoms with E-state index in [0.29, 0.717) is 16.7 Å². The average Bonchev–Trinajstić information content (AvgIpc) is 2.62. The molecule has 0 amide bonds. The molecular weight excluding hydrogens is 337 g/mol. The Morgan fingerprint density at radius 3 is 2.36 bits per heavy atom. The molecule has 0 unspecified atom stereocenters. The molecule has 0 saturated carbocycles. The number of para-hydroxylation sites is 1. The van der Waals surface area contributed by atoms with Crippen LogP contribution < -0.4 is 5.32 Å². The van der Waals surface area contributed by atoms with Gasteiger partial charge in [0, 0.05) is 21.7 Å². The van der Waals surface area contributed by atoms with Gasteiger partial charge in [0.15, 0.2) is 5.82 Å². The molecule has 3 aromatic carbocycles. The van der Waals surface area contributed by atoms with E-state index in [2.05, 4.69) is 15.3 Å². The third-order valence-corrected chi connectivity index (χ3v) is 4.03. The van der Waals surface area contributed by atoms with Crippen LogP contribution in [0, 0.1) is 5.82 Å². The lowest BCUT2D eigenvalue weighted by Gasteiger charge is -2.11. The SMILES string of the molecule is Fc1ccc(-c2nc(Nc3ccccc3)c3ccc(Cl)cc3n2)cc1. The number of fused-ring (bicyclic) bond motifs is 1. The molecule has 5 heteroatoms. The normalized spacial score (nSPS) is 10.8. The van der Waals surface area contributed by atoms with Crippen molar-refractivity contribution in [2.45, 2.75) is 0 Å². The van der Waals surface area contributed by atoms with Crippen LogP contribution in [0.15, 0.2) is 72.8 Å². The smallest absolute Gasteiger partial charge is 0.162 e. The molecule has 0 spiro atoms. The van der Waals surface area contributed by atoms with E-state index in [1.54, 1.807) is 24.3 Å². The molecule has 0 atom stereocenters. The van der Waals surface area contributed by atoms with Gasteiger partial charge < -0.3 is 5.32 Å². The Kier molecular flexibility index (Phi) is 4.04. The first kappa shape index (κ1) is 15.5. The monoisotopic (exact) mass is 349 g/mol. The summed E-state index contributed by atoms with van der Waals surface area (Å²) in [6, 6.07) is 21.4. The fraction of sp³-hybridized carbons (Fsp3) is 0. The van der Waals surface area contributed by atoms with E-state index >= 15 is 0 Å². The number of hydrogen-bond donors (Lipinski definition) is 1. The molecule has 122 valence electrons. The lowest BCUT2D eigenvalue weighted by Crippen LogP contribution is -1.99. The van der Waals surface area contributed by atoms with Gasteiger partial charge in [-0.25, -0.2) is 14.4 Å². The van der Waals surface area contributed by atoms with Crippen molar-refractivity contribution in [1.29, 1.82) is 0 Å². The number of halogens is 2. The van der Waals surface area contributed by atoms with Gasteiger partial charge in [0.2, 0.25) is 0 Å². The van der Waals surface area contributed by atoms with E-state index < -0.39 is 0 Å². The van der Waals surface area contributed by atoms with Crippen LogP contribution >= 0.6 is 11.6 Å². The van der Waals surface area contributed by atoms with Gasteiger partial charge in [-0.15, -0.1) is 0 Å². The van der Waals surface area contributed by atoms with E-state index in [0.717, 1.165) is 22.2 Å². The minimum absolute atomic E-state index is 0.296. The maximum atomic E-state index is 13.2. The molecule has 1 aromatic heterocycles. The third-order valence-electron chi connectivity index (χ3n) is 3.80. The van der Waals surface area contributed by atoms with Crippen molar-refractivity contribution in [3.05, 3.63) is 83.6 Å². The minimum Gasteiger partial charge on any atom is -0.340 e. The molecule has 4 rings (SSSR count). The highest BCUT2D eigenvalue weighted by Crippen LogP contribution is 2.29. The van der Waals surface area contributed by atoms with Crippen molar-refractivity contribution in [3.63, 3.8) is 0 Å². The van der Waals surface area contributed by atoms with Crippen LogP contribution in [0.2, 0.25) is 5.02 Å². The second-order valence-corrected chi connectivity index (χ2v) is 5.99. The van der Waals surface area contributed by atoms with Gasteiger partial charge in [-0.05, 0) is 54.6 Å². The molecule has 0 radical (unpaired) electrons. The second kappa shape index (κ2) is 6.49. The van der Waals surface area contributed by atoms with Crippen LogP contribution in [-0.4, -0.2) is 9.97 Å². The number of nitrogens with zero attached hydrogens (tertiary/aromatic N) is 2. The predicted molar refractivity (Wildman–Crippen MR) is 99.7 cm³/mol. The standard InChI is InChI=1S/C20H13ClFN3/c21-14-8-11-17-18(12-14)24-19(13-6-9-15(22)10-7-13)25-20(17)23-16-4-2-1-3-5-16/h1-12H,(H,23,24,25). The molecular formula is C20H13ClFN3. The lowest BCUT2D eigenvalue weighted by atomic mass is 10.1. The summed E-state index contributed by atoms with van der Waals surface area (Å²) in [4.78, 5) is 9.22. The Morgan fingerprint density at radius 2 is 1.60 bits per heavy atom. The molecule has 0 bridgehead atoms. The van der Waals surface area contributed by atoms with Crippen LogP contribution in [0.1, 0.15) is 0 Å². The number of hydrogen-bond acceptors (Lipinski definition) is 3. The number of nitrogens with one attached hydrogen (secondary N) is 1. The number of aromatic nitrogens is 2. The first-order chi connectivity index (χ1) is 12.2. The van der Waals surface area contributed by atoms with Crippen molar-refractivity contribution in [2.75, 3.05) is 5.32 Å². The maximum Gasteiger partial charge on any atom is 0.162 e. The molecule has 4 aromatic rings. The van der Waals surface area contributed by atoms with E-state index in [9.17, 15) is 4.39 Å². The largest absolute Gasteiger partial charge is 0.340 e. The predicted octanol–water partition coefficient (Wildman–Crippen LogP) is 5.83.